The molecule has 23 heavy (non-hydrogen) atoms. The number of benzene rings is 1. The fourth-order valence-electron chi connectivity index (χ4n) is 3.13. The van der Waals surface area contributed by atoms with Gasteiger partial charge in [-0.15, -0.1) is 11.3 Å². The summed E-state index contributed by atoms with van der Waals surface area (Å²) in [5.41, 5.74) is 1.24. The lowest BCUT2D eigenvalue weighted by molar-refractivity contribution is 0.0101. The third-order valence-electron chi connectivity index (χ3n) is 4.71. The molecule has 2 aromatic rings. The molecule has 0 radical (unpaired) electrons. The molecule has 2 heterocycles. The normalized spacial score (nSPS) is 17.7. The first-order chi connectivity index (χ1) is 11.0. The Kier molecular flexibility index (Phi) is 4.27. The van der Waals surface area contributed by atoms with Gasteiger partial charge in [0, 0.05) is 16.0 Å². The zero-order valence-electron chi connectivity index (χ0n) is 13.3. The molecule has 0 saturated heterocycles. The van der Waals surface area contributed by atoms with Gasteiger partial charge >= 0.3 is 0 Å². The lowest BCUT2D eigenvalue weighted by atomic mass is 9.93. The van der Waals surface area contributed by atoms with Crippen molar-refractivity contribution in [3.05, 3.63) is 57.3 Å². The number of nitrogens with zero attached hydrogens (tertiary/aromatic N) is 1. The second-order valence-electron chi connectivity index (χ2n) is 5.91. The maximum Gasteiger partial charge on any atom is 0.256 e. The fourth-order valence-corrected chi connectivity index (χ4v) is 4.29. The maximum absolute atomic E-state index is 12.5. The molecule has 4 nitrogen and oxygen atoms in total. The van der Waals surface area contributed by atoms with Crippen LogP contribution < -0.4 is 0 Å². The summed E-state index contributed by atoms with van der Waals surface area (Å²) < 4.78 is 0. The molecule has 0 spiro atoms. The zero-order chi connectivity index (χ0) is 16.6. The minimum atomic E-state index is -0.928. The van der Waals surface area contributed by atoms with Crippen LogP contribution in [0.4, 0.5) is 0 Å². The standard InChI is InChI=1S/C18H21NO3S/c1-3-18(22,4-2)15-12(9-10-23-15)11-19-16(20)13-7-5-6-8-14(13)17(19)21/h5-10,16,20,22H,3-4,11H2,1-2H3. The van der Waals surface area contributed by atoms with Crippen LogP contribution >= 0.6 is 11.3 Å². The lowest BCUT2D eigenvalue weighted by Gasteiger charge is -2.27. The largest absolute Gasteiger partial charge is 0.384 e. The average molecular weight is 331 g/mol. The Balaban J connectivity index is 1.91. The van der Waals surface area contributed by atoms with Gasteiger partial charge in [-0.25, -0.2) is 0 Å². The predicted molar refractivity (Wildman–Crippen MR) is 90.1 cm³/mol. The van der Waals surface area contributed by atoms with Crippen molar-refractivity contribution in [1.82, 2.24) is 4.90 Å². The number of hydrogen-bond donors (Lipinski definition) is 2. The van der Waals surface area contributed by atoms with Gasteiger partial charge < -0.3 is 15.1 Å². The van der Waals surface area contributed by atoms with Crippen LogP contribution in [0, 0.1) is 0 Å². The lowest BCUT2D eigenvalue weighted by Crippen LogP contribution is -2.30. The van der Waals surface area contributed by atoms with E-state index in [1.807, 2.05) is 31.4 Å². The summed E-state index contributed by atoms with van der Waals surface area (Å²) in [6.45, 7) is 4.22. The van der Waals surface area contributed by atoms with Gasteiger partial charge in [0.1, 0.15) is 0 Å². The van der Waals surface area contributed by atoms with E-state index < -0.39 is 11.8 Å². The number of rotatable bonds is 5. The molecule has 3 rings (SSSR count). The highest BCUT2D eigenvalue weighted by Crippen LogP contribution is 2.38. The summed E-state index contributed by atoms with van der Waals surface area (Å²) in [7, 11) is 0. The van der Waals surface area contributed by atoms with E-state index in [1.54, 1.807) is 18.2 Å². The number of amides is 1. The molecule has 1 aliphatic heterocycles. The molecule has 0 aliphatic carbocycles. The van der Waals surface area contributed by atoms with Crippen LogP contribution in [0.15, 0.2) is 35.7 Å². The van der Waals surface area contributed by atoms with Crippen LogP contribution in [0.25, 0.3) is 0 Å². The minimum absolute atomic E-state index is 0.165. The van der Waals surface area contributed by atoms with Crippen molar-refractivity contribution in [3.8, 4) is 0 Å². The molecule has 1 amide bonds. The third kappa shape index (κ3) is 2.59. The first-order valence-electron chi connectivity index (χ1n) is 7.89. The van der Waals surface area contributed by atoms with Crippen molar-refractivity contribution in [3.63, 3.8) is 0 Å². The van der Waals surface area contributed by atoms with Crippen molar-refractivity contribution in [1.29, 1.82) is 0 Å². The van der Waals surface area contributed by atoms with E-state index in [0.29, 0.717) is 30.5 Å². The second kappa shape index (κ2) is 6.07. The first-order valence-corrected chi connectivity index (χ1v) is 8.77. The fraction of sp³-hybridized carbons (Fsp3) is 0.389. The van der Waals surface area contributed by atoms with Crippen LogP contribution in [-0.2, 0) is 12.1 Å². The molecule has 0 fully saturated rings. The van der Waals surface area contributed by atoms with Crippen molar-refractivity contribution >= 4 is 17.2 Å². The molecule has 1 atom stereocenters. The quantitative estimate of drug-likeness (QED) is 0.883. The van der Waals surface area contributed by atoms with E-state index in [4.69, 9.17) is 0 Å². The second-order valence-corrected chi connectivity index (χ2v) is 6.82. The van der Waals surface area contributed by atoms with E-state index >= 15 is 0 Å². The van der Waals surface area contributed by atoms with Gasteiger partial charge in [0.2, 0.25) is 0 Å². The summed E-state index contributed by atoms with van der Waals surface area (Å²) in [5.74, 6) is -0.165. The number of fused-ring (bicyclic) bond motifs is 1. The first kappa shape index (κ1) is 16.2. The van der Waals surface area contributed by atoms with Crippen molar-refractivity contribution in [2.45, 2.75) is 45.1 Å². The molecule has 5 heteroatoms. The monoisotopic (exact) mass is 331 g/mol. The van der Waals surface area contributed by atoms with Crippen molar-refractivity contribution < 1.29 is 15.0 Å². The van der Waals surface area contributed by atoms with Gasteiger partial charge in [0.15, 0.2) is 6.23 Å². The molecule has 2 N–H and O–H groups in total. The Hall–Kier alpha value is -1.69. The summed E-state index contributed by atoms with van der Waals surface area (Å²) in [5, 5.41) is 23.2. The minimum Gasteiger partial charge on any atom is -0.384 e. The Labute approximate surface area is 140 Å². The molecular formula is C18H21NO3S. The summed E-state index contributed by atoms with van der Waals surface area (Å²) in [6, 6.07) is 9.07. The Bertz CT molecular complexity index is 721. The Morgan fingerprint density at radius 1 is 1.22 bits per heavy atom. The van der Waals surface area contributed by atoms with Gasteiger partial charge in [0.25, 0.3) is 5.91 Å². The van der Waals surface area contributed by atoms with Crippen LogP contribution in [0.1, 0.15) is 59.3 Å². The highest BCUT2D eigenvalue weighted by Gasteiger charge is 2.37. The van der Waals surface area contributed by atoms with Gasteiger partial charge in [-0.05, 0) is 35.9 Å². The number of carbonyl (C=O) groups excluding carboxylic acids is 1. The van der Waals surface area contributed by atoms with Crippen molar-refractivity contribution in [2.75, 3.05) is 0 Å². The molecule has 1 aromatic carbocycles. The van der Waals surface area contributed by atoms with E-state index in [-0.39, 0.29) is 5.91 Å². The number of carbonyl (C=O) groups is 1. The Morgan fingerprint density at radius 3 is 2.57 bits per heavy atom. The highest BCUT2D eigenvalue weighted by molar-refractivity contribution is 7.10. The maximum atomic E-state index is 12.5. The Morgan fingerprint density at radius 2 is 1.91 bits per heavy atom. The van der Waals surface area contributed by atoms with Gasteiger partial charge in [0.05, 0.1) is 12.1 Å². The van der Waals surface area contributed by atoms with Crippen LogP contribution in [0.2, 0.25) is 0 Å². The topological polar surface area (TPSA) is 60.8 Å². The average Bonchev–Trinajstić information content (AvgIpc) is 3.14. The van der Waals surface area contributed by atoms with Gasteiger partial charge in [-0.3, -0.25) is 4.79 Å². The molecular weight excluding hydrogens is 310 g/mol. The van der Waals surface area contributed by atoms with Gasteiger partial charge in [-0.2, -0.15) is 0 Å². The number of aliphatic hydroxyl groups is 2. The summed E-state index contributed by atoms with van der Waals surface area (Å²) >= 11 is 1.51. The number of hydrogen-bond acceptors (Lipinski definition) is 4. The molecule has 1 aliphatic rings. The molecule has 0 saturated carbocycles. The molecule has 0 bridgehead atoms. The van der Waals surface area contributed by atoms with Crippen LogP contribution in [0.5, 0.6) is 0 Å². The van der Waals surface area contributed by atoms with Gasteiger partial charge in [-0.1, -0.05) is 32.0 Å². The van der Waals surface area contributed by atoms with Crippen LogP contribution in [-0.4, -0.2) is 21.0 Å². The number of thiophene rings is 1. The molecule has 1 aromatic heterocycles. The van der Waals surface area contributed by atoms with E-state index in [0.717, 1.165) is 10.4 Å². The smallest absolute Gasteiger partial charge is 0.256 e. The predicted octanol–water partition coefficient (Wildman–Crippen LogP) is 3.40. The van der Waals surface area contributed by atoms with Crippen molar-refractivity contribution in [2.24, 2.45) is 0 Å². The third-order valence-corrected chi connectivity index (χ3v) is 5.86. The zero-order valence-corrected chi connectivity index (χ0v) is 14.1. The van der Waals surface area contributed by atoms with E-state index in [1.165, 1.54) is 16.2 Å². The SMILES string of the molecule is CCC(O)(CC)c1sccc1CN1C(=O)c2ccccc2C1O. The highest BCUT2D eigenvalue weighted by atomic mass is 32.1. The molecule has 122 valence electrons. The number of aliphatic hydroxyl groups excluding tert-OH is 1. The van der Waals surface area contributed by atoms with E-state index in [2.05, 4.69) is 0 Å². The summed E-state index contributed by atoms with van der Waals surface area (Å²) in [6.07, 6.45) is 0.310. The summed E-state index contributed by atoms with van der Waals surface area (Å²) in [4.78, 5) is 14.9. The molecule has 1 unspecified atom stereocenters. The van der Waals surface area contributed by atoms with Crippen LogP contribution in [0.3, 0.4) is 0 Å². The van der Waals surface area contributed by atoms with E-state index in [9.17, 15) is 15.0 Å².